The van der Waals surface area contributed by atoms with Crippen LogP contribution in [-0.2, 0) is 17.9 Å². The van der Waals surface area contributed by atoms with Crippen LogP contribution >= 0.6 is 11.8 Å². The molecule has 0 aliphatic carbocycles. The summed E-state index contributed by atoms with van der Waals surface area (Å²) in [6.07, 6.45) is 5.23. The van der Waals surface area contributed by atoms with Crippen LogP contribution in [0, 0.1) is 5.82 Å². The first-order chi connectivity index (χ1) is 17.6. The monoisotopic (exact) mass is 495 g/mol. The molecule has 0 spiro atoms. The number of nitrogens with zero attached hydrogens (tertiary/aromatic N) is 2. The van der Waals surface area contributed by atoms with E-state index in [0.29, 0.717) is 23.6 Å². The van der Waals surface area contributed by atoms with E-state index in [4.69, 9.17) is 0 Å². The van der Waals surface area contributed by atoms with Gasteiger partial charge in [0.05, 0.1) is 17.1 Å². The van der Waals surface area contributed by atoms with Crippen LogP contribution in [0.2, 0.25) is 0 Å². The van der Waals surface area contributed by atoms with Crippen molar-refractivity contribution in [2.45, 2.75) is 18.0 Å². The summed E-state index contributed by atoms with van der Waals surface area (Å²) < 4.78 is 13.4. The molecule has 0 radical (unpaired) electrons. The van der Waals surface area contributed by atoms with Crippen LogP contribution in [0.15, 0.2) is 107 Å². The van der Waals surface area contributed by atoms with E-state index in [0.717, 1.165) is 27.3 Å². The highest BCUT2D eigenvalue weighted by Gasteiger charge is 2.29. The fraction of sp³-hybridized carbons (Fsp3) is 0.0690. The van der Waals surface area contributed by atoms with Crippen molar-refractivity contribution in [3.8, 4) is 0 Å². The topological polar surface area (TPSA) is 62.3 Å². The molecule has 5 nitrogen and oxygen atoms in total. The minimum atomic E-state index is -0.311. The standard InChI is InChI=1S/C29H22FN3O2S/c30-24-13-9-21(10-14-24)19-33-25-5-1-2-6-26(25)36-27(29(33)35)16-20-7-11-23(12-8-20)28(34)32-18-22-4-3-15-31-17-22/h1-17H,18-19H2,(H,32,34)/b27-16-. The van der Waals surface area contributed by atoms with Crippen LogP contribution in [0.25, 0.3) is 6.08 Å². The van der Waals surface area contributed by atoms with Gasteiger partial charge in [0.15, 0.2) is 0 Å². The van der Waals surface area contributed by atoms with Crippen molar-refractivity contribution >= 4 is 35.3 Å². The third-order valence-corrected chi connectivity index (χ3v) is 6.81. The second-order valence-electron chi connectivity index (χ2n) is 8.26. The quantitative estimate of drug-likeness (QED) is 0.342. The van der Waals surface area contributed by atoms with Crippen LogP contribution in [0.3, 0.4) is 0 Å². The van der Waals surface area contributed by atoms with Gasteiger partial charge in [-0.15, -0.1) is 0 Å². The molecule has 0 saturated heterocycles. The van der Waals surface area contributed by atoms with Crippen LogP contribution in [-0.4, -0.2) is 16.8 Å². The number of para-hydroxylation sites is 1. The number of carbonyl (C=O) groups excluding carboxylic acids is 2. The van der Waals surface area contributed by atoms with Gasteiger partial charge in [-0.2, -0.15) is 0 Å². The van der Waals surface area contributed by atoms with Crippen LogP contribution in [0.5, 0.6) is 0 Å². The Morgan fingerprint density at radius 1 is 0.944 bits per heavy atom. The van der Waals surface area contributed by atoms with Crippen LogP contribution in [0.1, 0.15) is 27.0 Å². The smallest absolute Gasteiger partial charge is 0.265 e. The lowest BCUT2D eigenvalue weighted by atomic mass is 10.1. The number of amides is 2. The van der Waals surface area contributed by atoms with Crippen molar-refractivity contribution in [2.75, 3.05) is 4.90 Å². The molecule has 0 bridgehead atoms. The number of rotatable bonds is 6. The fourth-order valence-corrected chi connectivity index (χ4v) is 4.92. The van der Waals surface area contributed by atoms with E-state index in [1.165, 1.54) is 23.9 Å². The largest absolute Gasteiger partial charge is 0.348 e. The highest BCUT2D eigenvalue weighted by atomic mass is 32.2. The van der Waals surface area contributed by atoms with Gasteiger partial charge in [0.1, 0.15) is 5.82 Å². The van der Waals surface area contributed by atoms with E-state index in [2.05, 4.69) is 10.3 Å². The predicted octanol–water partition coefficient (Wildman–Crippen LogP) is 5.83. The van der Waals surface area contributed by atoms with Gasteiger partial charge < -0.3 is 10.2 Å². The molecule has 0 saturated carbocycles. The molecule has 1 aliphatic heterocycles. The van der Waals surface area contributed by atoms with E-state index in [-0.39, 0.29) is 17.6 Å². The van der Waals surface area contributed by atoms with Gasteiger partial charge in [-0.25, -0.2) is 4.39 Å². The number of nitrogens with one attached hydrogen (secondary N) is 1. The number of hydrogen-bond donors (Lipinski definition) is 1. The first kappa shape index (κ1) is 23.5. The van der Waals surface area contributed by atoms with Gasteiger partial charge in [0.2, 0.25) is 0 Å². The SMILES string of the molecule is O=C(NCc1cccnc1)c1ccc(/C=C2\Sc3ccccc3N(Cc3ccc(F)cc3)C2=O)cc1. The van der Waals surface area contributed by atoms with Gasteiger partial charge in [0.25, 0.3) is 11.8 Å². The molecule has 0 atom stereocenters. The zero-order chi connectivity index (χ0) is 24.9. The molecule has 4 aromatic rings. The summed E-state index contributed by atoms with van der Waals surface area (Å²) in [5.41, 5.74) is 3.94. The molecule has 0 unspecified atom stereocenters. The van der Waals surface area contributed by atoms with Gasteiger partial charge in [-0.1, -0.05) is 54.2 Å². The van der Waals surface area contributed by atoms with Crippen molar-refractivity contribution in [1.82, 2.24) is 10.3 Å². The number of pyridine rings is 1. The minimum Gasteiger partial charge on any atom is -0.348 e. The second-order valence-corrected chi connectivity index (χ2v) is 9.35. The summed E-state index contributed by atoms with van der Waals surface area (Å²) in [7, 11) is 0. The average molecular weight is 496 g/mol. The number of aromatic nitrogens is 1. The normalized spacial score (nSPS) is 14.0. The predicted molar refractivity (Wildman–Crippen MR) is 140 cm³/mol. The lowest BCUT2D eigenvalue weighted by molar-refractivity contribution is -0.114. The zero-order valence-corrected chi connectivity index (χ0v) is 20.0. The van der Waals surface area contributed by atoms with Gasteiger partial charge >= 0.3 is 0 Å². The van der Waals surface area contributed by atoms with Crippen molar-refractivity contribution < 1.29 is 14.0 Å². The summed E-state index contributed by atoms with van der Waals surface area (Å²) >= 11 is 1.42. The van der Waals surface area contributed by atoms with Gasteiger partial charge in [-0.3, -0.25) is 14.6 Å². The number of benzene rings is 3. The molecular weight excluding hydrogens is 473 g/mol. The zero-order valence-electron chi connectivity index (χ0n) is 19.2. The van der Waals surface area contributed by atoms with E-state index in [1.54, 1.807) is 41.6 Å². The molecule has 0 fully saturated rings. The van der Waals surface area contributed by atoms with Crippen molar-refractivity contribution in [2.24, 2.45) is 0 Å². The van der Waals surface area contributed by atoms with Gasteiger partial charge in [-0.05, 0) is 65.2 Å². The summed E-state index contributed by atoms with van der Waals surface area (Å²) in [5, 5.41) is 2.88. The molecule has 2 amide bonds. The maximum atomic E-state index is 13.5. The maximum absolute atomic E-state index is 13.5. The lowest BCUT2D eigenvalue weighted by Gasteiger charge is -2.30. The lowest BCUT2D eigenvalue weighted by Crippen LogP contribution is -2.33. The number of fused-ring (bicyclic) bond motifs is 1. The molecule has 1 aliphatic rings. The Morgan fingerprint density at radius 2 is 1.72 bits per heavy atom. The average Bonchev–Trinajstić information content (AvgIpc) is 2.92. The second kappa shape index (κ2) is 10.6. The molecule has 1 aromatic heterocycles. The summed E-state index contributed by atoms with van der Waals surface area (Å²) in [6, 6.07) is 24.8. The Morgan fingerprint density at radius 3 is 2.47 bits per heavy atom. The van der Waals surface area contributed by atoms with E-state index < -0.39 is 0 Å². The molecule has 7 heteroatoms. The van der Waals surface area contributed by atoms with Crippen molar-refractivity contribution in [3.05, 3.63) is 130 Å². The minimum absolute atomic E-state index is 0.124. The Balaban J connectivity index is 1.34. The Labute approximate surface area is 212 Å². The summed E-state index contributed by atoms with van der Waals surface area (Å²) in [5.74, 6) is -0.614. The van der Waals surface area contributed by atoms with Crippen LogP contribution < -0.4 is 10.2 Å². The van der Waals surface area contributed by atoms with Gasteiger partial charge in [0, 0.05) is 29.4 Å². The highest BCUT2D eigenvalue weighted by molar-refractivity contribution is 8.04. The number of anilines is 1. The Kier molecular flexibility index (Phi) is 6.91. The first-order valence-corrected chi connectivity index (χ1v) is 12.2. The van der Waals surface area contributed by atoms with Crippen molar-refractivity contribution in [3.63, 3.8) is 0 Å². The maximum Gasteiger partial charge on any atom is 0.265 e. The molecule has 2 heterocycles. The van der Waals surface area contributed by atoms with E-state index in [9.17, 15) is 14.0 Å². The third-order valence-electron chi connectivity index (χ3n) is 5.73. The molecule has 3 aromatic carbocycles. The summed E-state index contributed by atoms with van der Waals surface area (Å²) in [4.78, 5) is 33.3. The molecule has 1 N–H and O–H groups in total. The number of halogens is 1. The molecule has 178 valence electrons. The van der Waals surface area contributed by atoms with Crippen molar-refractivity contribution in [1.29, 1.82) is 0 Å². The first-order valence-electron chi connectivity index (χ1n) is 11.4. The molecule has 5 rings (SSSR count). The number of carbonyl (C=O) groups is 2. The Bertz CT molecular complexity index is 1420. The van der Waals surface area contributed by atoms with E-state index >= 15 is 0 Å². The number of hydrogen-bond acceptors (Lipinski definition) is 4. The Hall–Kier alpha value is -4.23. The fourth-order valence-electron chi connectivity index (χ4n) is 3.86. The highest BCUT2D eigenvalue weighted by Crippen LogP contribution is 2.42. The van der Waals surface area contributed by atoms with Crippen LogP contribution in [0.4, 0.5) is 10.1 Å². The molecule has 36 heavy (non-hydrogen) atoms. The molecular formula is C29H22FN3O2S. The number of thioether (sulfide) groups is 1. The van der Waals surface area contributed by atoms with E-state index in [1.807, 2.05) is 54.6 Å². The third kappa shape index (κ3) is 5.37. The summed E-state index contributed by atoms with van der Waals surface area (Å²) in [6.45, 7) is 0.733.